The highest BCUT2D eigenvalue weighted by Crippen LogP contribution is 2.33. The fraction of sp³-hybridized carbons (Fsp3) is 0.312. The van der Waals surface area contributed by atoms with E-state index in [0.29, 0.717) is 11.5 Å². The van der Waals surface area contributed by atoms with E-state index in [2.05, 4.69) is 45.0 Å². The van der Waals surface area contributed by atoms with Gasteiger partial charge < -0.3 is 5.73 Å². The molecule has 0 aromatic rings. The van der Waals surface area contributed by atoms with E-state index in [9.17, 15) is 4.79 Å². The van der Waals surface area contributed by atoms with Crippen molar-refractivity contribution in [2.24, 2.45) is 5.73 Å². The second-order valence-corrected chi connectivity index (χ2v) is 4.95. The van der Waals surface area contributed by atoms with E-state index < -0.39 is 0 Å². The molecular weight excluding hydrogens is 222 g/mol. The lowest BCUT2D eigenvalue weighted by molar-refractivity contribution is 0.100. The lowest BCUT2D eigenvalue weighted by Crippen LogP contribution is -2.10. The first-order chi connectivity index (χ1) is 8.54. The molecule has 1 amide bonds. The summed E-state index contributed by atoms with van der Waals surface area (Å²) < 4.78 is 0. The molecule has 0 spiro atoms. The Morgan fingerprint density at radius 2 is 1.94 bits per heavy atom. The summed E-state index contributed by atoms with van der Waals surface area (Å²) in [6, 6.07) is 10.3. The molecule has 0 aromatic heterocycles. The Hall–Kier alpha value is -1.83. The van der Waals surface area contributed by atoms with Crippen LogP contribution in [0.25, 0.3) is 11.1 Å². The van der Waals surface area contributed by atoms with Crippen molar-refractivity contribution in [3.05, 3.63) is 47.0 Å². The molecule has 0 aromatic carbocycles. The van der Waals surface area contributed by atoms with Gasteiger partial charge in [-0.3, -0.25) is 4.79 Å². The maximum absolute atomic E-state index is 11.5. The number of rotatable bonds is 3. The Morgan fingerprint density at radius 3 is 2.50 bits per heavy atom. The van der Waals surface area contributed by atoms with Gasteiger partial charge in [0.05, 0.1) is 0 Å². The Labute approximate surface area is 108 Å². The van der Waals surface area contributed by atoms with Gasteiger partial charge in [0.25, 0.3) is 0 Å². The number of amides is 1. The Morgan fingerprint density at radius 1 is 1.22 bits per heavy atom. The molecular formula is C16H19NO. The Bertz CT molecular complexity index is 557. The second-order valence-electron chi connectivity index (χ2n) is 4.95. The first-order valence-electron chi connectivity index (χ1n) is 6.40. The molecule has 0 fully saturated rings. The summed E-state index contributed by atoms with van der Waals surface area (Å²) in [5.74, 6) is 0.0851. The molecule has 0 atom stereocenters. The van der Waals surface area contributed by atoms with Gasteiger partial charge in [0.2, 0.25) is 5.91 Å². The first kappa shape index (κ1) is 12.6. The van der Waals surface area contributed by atoms with Crippen LogP contribution in [0.4, 0.5) is 0 Å². The minimum absolute atomic E-state index is 0.347. The average molecular weight is 241 g/mol. The molecule has 0 aliphatic heterocycles. The largest absolute Gasteiger partial charge is 0.366 e. The summed E-state index contributed by atoms with van der Waals surface area (Å²) in [4.78, 5) is 11.5. The topological polar surface area (TPSA) is 43.1 Å². The molecule has 0 heterocycles. The average Bonchev–Trinajstić information content (AvgIpc) is 2.52. The van der Waals surface area contributed by atoms with E-state index in [1.165, 1.54) is 11.1 Å². The van der Waals surface area contributed by atoms with Crippen LogP contribution in [0.5, 0.6) is 0 Å². The SMILES string of the molecule is CCc1cc(C(N)=O)c2cc(C(C)C)cccc1-2. The second kappa shape index (κ2) is 4.81. The van der Waals surface area contributed by atoms with Gasteiger partial charge in [-0.05, 0) is 40.7 Å². The summed E-state index contributed by atoms with van der Waals surface area (Å²) in [6.07, 6.45) is 0.908. The van der Waals surface area contributed by atoms with E-state index in [1.807, 2.05) is 6.07 Å². The number of nitrogens with two attached hydrogens (primary N) is 1. The minimum atomic E-state index is -0.347. The van der Waals surface area contributed by atoms with Gasteiger partial charge in [0.1, 0.15) is 0 Å². The van der Waals surface area contributed by atoms with Crippen LogP contribution in [-0.4, -0.2) is 5.91 Å². The normalized spacial score (nSPS) is 11.1. The highest BCUT2D eigenvalue weighted by atomic mass is 16.1. The van der Waals surface area contributed by atoms with Gasteiger partial charge >= 0.3 is 0 Å². The predicted molar refractivity (Wildman–Crippen MR) is 75.0 cm³/mol. The highest BCUT2D eigenvalue weighted by molar-refractivity contribution is 6.02. The van der Waals surface area contributed by atoms with Crippen LogP contribution in [0.15, 0.2) is 30.3 Å². The molecule has 0 bridgehead atoms. The molecule has 0 radical (unpaired) electrons. The Balaban J connectivity index is 2.72. The molecule has 2 rings (SSSR count). The van der Waals surface area contributed by atoms with Gasteiger partial charge in [-0.15, -0.1) is 0 Å². The molecule has 2 N–H and O–H groups in total. The molecule has 18 heavy (non-hydrogen) atoms. The van der Waals surface area contributed by atoms with E-state index in [4.69, 9.17) is 5.73 Å². The maximum Gasteiger partial charge on any atom is 0.249 e. The van der Waals surface area contributed by atoms with Crippen molar-refractivity contribution in [2.45, 2.75) is 33.1 Å². The highest BCUT2D eigenvalue weighted by Gasteiger charge is 2.17. The van der Waals surface area contributed by atoms with Crippen LogP contribution in [0.3, 0.4) is 0 Å². The summed E-state index contributed by atoms with van der Waals surface area (Å²) in [7, 11) is 0. The van der Waals surface area contributed by atoms with E-state index in [-0.39, 0.29) is 5.91 Å². The minimum Gasteiger partial charge on any atom is -0.366 e. The molecule has 2 aliphatic rings. The number of fused-ring (bicyclic) bond motifs is 1. The van der Waals surface area contributed by atoms with Crippen molar-refractivity contribution < 1.29 is 4.79 Å². The van der Waals surface area contributed by atoms with E-state index in [1.54, 1.807) is 0 Å². The third kappa shape index (κ3) is 2.10. The van der Waals surface area contributed by atoms with E-state index >= 15 is 0 Å². The number of carbonyl (C=O) groups excluding carboxylic acids is 1. The smallest absolute Gasteiger partial charge is 0.249 e. The van der Waals surface area contributed by atoms with Crippen LogP contribution < -0.4 is 5.73 Å². The monoisotopic (exact) mass is 241 g/mol. The molecule has 0 saturated carbocycles. The van der Waals surface area contributed by atoms with Crippen LogP contribution in [-0.2, 0) is 6.42 Å². The summed E-state index contributed by atoms with van der Waals surface area (Å²) in [5.41, 5.74) is 10.6. The standard InChI is InChI=1S/C16H19NO/c1-4-11-8-15(16(17)18)14-9-12(10(2)3)6-5-7-13(11)14/h5-10H,4H2,1-3H3,(H2,17,18). The lowest BCUT2D eigenvalue weighted by Gasteiger charge is -2.03. The molecule has 94 valence electrons. The molecule has 0 saturated heterocycles. The fourth-order valence-electron chi connectivity index (χ4n) is 2.33. The number of hydrogen-bond acceptors (Lipinski definition) is 1. The summed E-state index contributed by atoms with van der Waals surface area (Å²) in [6.45, 7) is 6.39. The van der Waals surface area contributed by atoms with Gasteiger partial charge in [0.15, 0.2) is 0 Å². The van der Waals surface area contributed by atoms with Crippen molar-refractivity contribution in [1.82, 2.24) is 0 Å². The van der Waals surface area contributed by atoms with Crippen molar-refractivity contribution >= 4 is 5.91 Å². The molecule has 2 nitrogen and oxygen atoms in total. The first-order valence-corrected chi connectivity index (χ1v) is 6.40. The maximum atomic E-state index is 11.5. The summed E-state index contributed by atoms with van der Waals surface area (Å²) in [5, 5.41) is 0. The molecule has 0 unspecified atom stereocenters. The quantitative estimate of drug-likeness (QED) is 0.877. The third-order valence-corrected chi connectivity index (χ3v) is 3.42. The zero-order valence-electron chi connectivity index (χ0n) is 11.2. The fourth-order valence-corrected chi connectivity index (χ4v) is 2.33. The van der Waals surface area contributed by atoms with Crippen molar-refractivity contribution in [1.29, 1.82) is 0 Å². The molecule has 2 heteroatoms. The van der Waals surface area contributed by atoms with Gasteiger partial charge in [0, 0.05) is 5.56 Å². The Kier molecular flexibility index (Phi) is 3.37. The predicted octanol–water partition coefficient (Wildman–Crippen LogP) is 3.58. The van der Waals surface area contributed by atoms with Crippen LogP contribution >= 0.6 is 0 Å². The van der Waals surface area contributed by atoms with Gasteiger partial charge in [-0.1, -0.05) is 45.0 Å². The summed E-state index contributed by atoms with van der Waals surface area (Å²) >= 11 is 0. The third-order valence-electron chi connectivity index (χ3n) is 3.42. The van der Waals surface area contributed by atoms with Crippen LogP contribution in [0.1, 0.15) is 48.2 Å². The number of hydrogen-bond donors (Lipinski definition) is 1. The van der Waals surface area contributed by atoms with Gasteiger partial charge in [-0.2, -0.15) is 0 Å². The van der Waals surface area contributed by atoms with Crippen LogP contribution in [0.2, 0.25) is 0 Å². The number of carbonyl (C=O) groups is 1. The molecule has 2 aliphatic carbocycles. The van der Waals surface area contributed by atoms with Crippen molar-refractivity contribution in [3.8, 4) is 11.1 Å². The van der Waals surface area contributed by atoms with Gasteiger partial charge in [-0.25, -0.2) is 0 Å². The van der Waals surface area contributed by atoms with Crippen molar-refractivity contribution in [3.63, 3.8) is 0 Å². The number of primary amides is 1. The zero-order valence-corrected chi connectivity index (χ0v) is 11.2. The van der Waals surface area contributed by atoms with E-state index in [0.717, 1.165) is 17.5 Å². The zero-order chi connectivity index (χ0) is 13.3. The van der Waals surface area contributed by atoms with Crippen molar-refractivity contribution in [2.75, 3.05) is 0 Å². The number of aryl methyl sites for hydroxylation is 1. The van der Waals surface area contributed by atoms with Crippen LogP contribution in [0, 0.1) is 0 Å². The lowest BCUT2D eigenvalue weighted by atomic mass is 10.0.